The lowest BCUT2D eigenvalue weighted by atomic mass is 10.1. The molecule has 1 aromatic heterocycles. The van der Waals surface area contributed by atoms with Crippen LogP contribution in [0.3, 0.4) is 0 Å². The number of hydrogen-bond acceptors (Lipinski definition) is 4. The number of imidazole rings is 1. The van der Waals surface area contributed by atoms with E-state index in [9.17, 15) is 4.79 Å². The highest BCUT2D eigenvalue weighted by molar-refractivity contribution is 6.31. The van der Waals surface area contributed by atoms with Crippen molar-refractivity contribution < 1.29 is 14.3 Å². The minimum Gasteiger partial charge on any atom is -0.497 e. The Morgan fingerprint density at radius 1 is 1.03 bits per heavy atom. The van der Waals surface area contributed by atoms with Crippen LogP contribution in [-0.4, -0.2) is 30.1 Å². The standard InChI is InChI=1S/C23H20ClN3O3/c1-29-17-10-15(11-18(13-17)30-2)23(28)25-16-7-8-19(24)14(9-16)12-22-26-20-5-3-4-6-21(20)27-22/h3-11,13H,12H2,1-2H3,(H,25,28)(H,26,27). The third kappa shape index (κ3) is 4.23. The normalized spacial score (nSPS) is 10.8. The van der Waals surface area contributed by atoms with E-state index in [4.69, 9.17) is 21.1 Å². The van der Waals surface area contributed by atoms with Gasteiger partial charge in [-0.1, -0.05) is 23.7 Å². The highest BCUT2D eigenvalue weighted by Gasteiger charge is 2.12. The molecule has 0 aliphatic rings. The van der Waals surface area contributed by atoms with E-state index in [2.05, 4.69) is 15.3 Å². The third-order valence-corrected chi connectivity index (χ3v) is 5.08. The zero-order valence-electron chi connectivity index (χ0n) is 16.5. The number of rotatable bonds is 6. The van der Waals surface area contributed by atoms with Gasteiger partial charge in [-0.3, -0.25) is 4.79 Å². The van der Waals surface area contributed by atoms with Crippen LogP contribution in [0.2, 0.25) is 5.02 Å². The molecule has 1 amide bonds. The first-order chi connectivity index (χ1) is 14.6. The Labute approximate surface area is 178 Å². The van der Waals surface area contributed by atoms with Crippen LogP contribution in [0.4, 0.5) is 5.69 Å². The van der Waals surface area contributed by atoms with Crippen molar-refractivity contribution in [2.45, 2.75) is 6.42 Å². The van der Waals surface area contributed by atoms with E-state index in [1.807, 2.05) is 30.3 Å². The Morgan fingerprint density at radius 3 is 2.47 bits per heavy atom. The molecule has 6 nitrogen and oxygen atoms in total. The summed E-state index contributed by atoms with van der Waals surface area (Å²) in [4.78, 5) is 20.6. The summed E-state index contributed by atoms with van der Waals surface area (Å²) >= 11 is 6.39. The molecule has 3 aromatic carbocycles. The highest BCUT2D eigenvalue weighted by Crippen LogP contribution is 2.26. The van der Waals surface area contributed by atoms with E-state index in [1.165, 1.54) is 0 Å². The number of hydrogen-bond donors (Lipinski definition) is 2. The van der Waals surface area contributed by atoms with Gasteiger partial charge in [0.2, 0.25) is 0 Å². The van der Waals surface area contributed by atoms with Crippen LogP contribution in [0.1, 0.15) is 21.7 Å². The third-order valence-electron chi connectivity index (χ3n) is 4.71. The molecule has 1 heterocycles. The minimum absolute atomic E-state index is 0.274. The second kappa shape index (κ2) is 8.47. The first kappa shape index (κ1) is 19.8. The predicted octanol–water partition coefficient (Wildman–Crippen LogP) is 5.08. The number of methoxy groups -OCH3 is 2. The number of carbonyl (C=O) groups excluding carboxylic acids is 1. The summed E-state index contributed by atoms with van der Waals surface area (Å²) in [5.41, 5.74) is 3.80. The van der Waals surface area contributed by atoms with Crippen molar-refractivity contribution in [2.75, 3.05) is 19.5 Å². The molecule has 0 fully saturated rings. The molecule has 4 rings (SSSR count). The van der Waals surface area contributed by atoms with Crippen LogP contribution in [-0.2, 0) is 6.42 Å². The molecule has 0 saturated carbocycles. The monoisotopic (exact) mass is 421 g/mol. The summed E-state index contributed by atoms with van der Waals surface area (Å²) in [5, 5.41) is 3.51. The first-order valence-corrected chi connectivity index (χ1v) is 9.70. The van der Waals surface area contributed by atoms with Gasteiger partial charge in [0, 0.05) is 28.8 Å². The minimum atomic E-state index is -0.274. The number of halogens is 1. The first-order valence-electron chi connectivity index (χ1n) is 9.32. The Bertz CT molecular complexity index is 1160. The molecular weight excluding hydrogens is 402 g/mol. The van der Waals surface area contributed by atoms with E-state index in [0.29, 0.717) is 34.2 Å². The summed E-state index contributed by atoms with van der Waals surface area (Å²) in [5.74, 6) is 1.62. The molecule has 0 spiro atoms. The number of benzene rings is 3. The fourth-order valence-electron chi connectivity index (χ4n) is 3.20. The molecule has 7 heteroatoms. The fourth-order valence-corrected chi connectivity index (χ4v) is 3.38. The lowest BCUT2D eigenvalue weighted by molar-refractivity contribution is 0.102. The molecule has 0 unspecified atom stereocenters. The van der Waals surface area contributed by atoms with Crippen molar-refractivity contribution in [3.8, 4) is 11.5 Å². The second-order valence-corrected chi connectivity index (χ2v) is 7.15. The molecule has 0 atom stereocenters. The van der Waals surface area contributed by atoms with Crippen molar-refractivity contribution in [2.24, 2.45) is 0 Å². The molecule has 30 heavy (non-hydrogen) atoms. The Morgan fingerprint density at radius 2 is 1.77 bits per heavy atom. The van der Waals surface area contributed by atoms with Crippen molar-refractivity contribution in [1.29, 1.82) is 0 Å². The van der Waals surface area contributed by atoms with E-state index in [1.54, 1.807) is 44.6 Å². The largest absolute Gasteiger partial charge is 0.497 e. The van der Waals surface area contributed by atoms with E-state index >= 15 is 0 Å². The van der Waals surface area contributed by atoms with Gasteiger partial charge >= 0.3 is 0 Å². The van der Waals surface area contributed by atoms with Gasteiger partial charge in [0.1, 0.15) is 17.3 Å². The molecule has 0 bridgehead atoms. The topological polar surface area (TPSA) is 76.2 Å². The number of H-pyrrole nitrogens is 1. The predicted molar refractivity (Wildman–Crippen MR) is 118 cm³/mol. The number of nitrogens with one attached hydrogen (secondary N) is 2. The molecule has 4 aromatic rings. The second-order valence-electron chi connectivity index (χ2n) is 6.74. The average molecular weight is 422 g/mol. The van der Waals surface area contributed by atoms with Gasteiger partial charge in [0.25, 0.3) is 5.91 Å². The Balaban J connectivity index is 1.56. The smallest absolute Gasteiger partial charge is 0.255 e. The van der Waals surface area contributed by atoms with Crippen LogP contribution >= 0.6 is 11.6 Å². The van der Waals surface area contributed by atoms with Gasteiger partial charge in [0.05, 0.1) is 25.3 Å². The number of amides is 1. The summed E-state index contributed by atoms with van der Waals surface area (Å²) in [6.07, 6.45) is 0.518. The van der Waals surface area contributed by atoms with Crippen molar-refractivity contribution in [1.82, 2.24) is 9.97 Å². The maximum absolute atomic E-state index is 12.7. The number of anilines is 1. The van der Waals surface area contributed by atoms with Gasteiger partial charge in [0.15, 0.2) is 0 Å². The van der Waals surface area contributed by atoms with Crippen LogP contribution in [0.5, 0.6) is 11.5 Å². The molecule has 2 N–H and O–H groups in total. The molecular formula is C23H20ClN3O3. The van der Waals surface area contributed by atoms with Gasteiger partial charge in [-0.05, 0) is 48.0 Å². The van der Waals surface area contributed by atoms with Crippen molar-refractivity contribution >= 4 is 34.2 Å². The lowest BCUT2D eigenvalue weighted by Crippen LogP contribution is -2.12. The maximum atomic E-state index is 12.7. The number of aromatic amines is 1. The summed E-state index contributed by atoms with van der Waals surface area (Å²) in [7, 11) is 3.08. The van der Waals surface area contributed by atoms with Gasteiger partial charge in [-0.15, -0.1) is 0 Å². The fraction of sp³-hybridized carbons (Fsp3) is 0.130. The summed E-state index contributed by atoms with van der Waals surface area (Å²) in [6.45, 7) is 0. The number of ether oxygens (including phenoxy) is 2. The number of carbonyl (C=O) groups is 1. The lowest BCUT2D eigenvalue weighted by Gasteiger charge is -2.11. The number of nitrogens with zero attached hydrogens (tertiary/aromatic N) is 1. The molecule has 152 valence electrons. The molecule has 0 aliphatic heterocycles. The number of aromatic nitrogens is 2. The van der Waals surface area contributed by atoms with E-state index in [-0.39, 0.29) is 5.91 Å². The average Bonchev–Trinajstić information content (AvgIpc) is 3.18. The Hall–Kier alpha value is -3.51. The molecule has 0 saturated heterocycles. The van der Waals surface area contributed by atoms with Gasteiger partial charge < -0.3 is 19.8 Å². The van der Waals surface area contributed by atoms with Gasteiger partial charge in [-0.25, -0.2) is 4.98 Å². The SMILES string of the molecule is COc1cc(OC)cc(C(=O)Nc2ccc(Cl)c(Cc3nc4ccccc4[nH]3)c2)c1. The molecule has 0 aliphatic carbocycles. The maximum Gasteiger partial charge on any atom is 0.255 e. The zero-order chi connectivity index (χ0) is 21.1. The van der Waals surface area contributed by atoms with Gasteiger partial charge in [-0.2, -0.15) is 0 Å². The van der Waals surface area contributed by atoms with Crippen LogP contribution in [0, 0.1) is 0 Å². The molecule has 0 radical (unpaired) electrons. The van der Waals surface area contributed by atoms with Crippen molar-refractivity contribution in [3.63, 3.8) is 0 Å². The number of para-hydroxylation sites is 2. The van der Waals surface area contributed by atoms with E-state index in [0.717, 1.165) is 22.4 Å². The van der Waals surface area contributed by atoms with Crippen LogP contribution < -0.4 is 14.8 Å². The van der Waals surface area contributed by atoms with Crippen molar-refractivity contribution in [3.05, 3.63) is 82.6 Å². The van der Waals surface area contributed by atoms with Crippen LogP contribution in [0.15, 0.2) is 60.7 Å². The van der Waals surface area contributed by atoms with E-state index < -0.39 is 0 Å². The summed E-state index contributed by atoms with van der Waals surface area (Å²) in [6, 6.07) is 18.2. The Kier molecular flexibility index (Phi) is 5.59. The number of fused-ring (bicyclic) bond motifs is 1. The quantitative estimate of drug-likeness (QED) is 0.455. The highest BCUT2D eigenvalue weighted by atomic mass is 35.5. The zero-order valence-corrected chi connectivity index (χ0v) is 17.3. The van der Waals surface area contributed by atoms with Crippen LogP contribution in [0.25, 0.3) is 11.0 Å². The summed E-state index contributed by atoms with van der Waals surface area (Å²) < 4.78 is 10.5.